The van der Waals surface area contributed by atoms with Crippen LogP contribution in [-0.4, -0.2) is 40.3 Å². The zero-order valence-electron chi connectivity index (χ0n) is 7.90. The Bertz CT molecular complexity index is 236. The molecule has 0 unspecified atom stereocenters. The van der Waals surface area contributed by atoms with Crippen molar-refractivity contribution in [3.8, 4) is 0 Å². The number of ketones is 1. The van der Waals surface area contributed by atoms with Crippen molar-refractivity contribution in [3.05, 3.63) is 0 Å². The molecule has 0 aromatic heterocycles. The Morgan fingerprint density at radius 2 is 1.85 bits per heavy atom. The second-order valence-corrected chi connectivity index (χ2v) is 2.66. The summed E-state index contributed by atoms with van der Waals surface area (Å²) in [6, 6.07) is -0.957. The lowest BCUT2D eigenvalue weighted by Crippen LogP contribution is -2.45. The molecule has 0 rings (SSSR count). The number of carboxylic acid groups (broad SMARTS) is 1. The van der Waals surface area contributed by atoms with Gasteiger partial charge in [0.2, 0.25) is 5.78 Å². The normalized spacial score (nSPS) is 11.9. The first-order valence-corrected chi connectivity index (χ1v) is 3.96. The van der Waals surface area contributed by atoms with Gasteiger partial charge in [-0.1, -0.05) is 0 Å². The van der Waals surface area contributed by atoms with E-state index in [1.807, 2.05) is 0 Å². The van der Waals surface area contributed by atoms with E-state index < -0.39 is 23.7 Å². The van der Waals surface area contributed by atoms with Crippen LogP contribution in [0.5, 0.6) is 0 Å². The van der Waals surface area contributed by atoms with Crippen LogP contribution >= 0.6 is 0 Å². The zero-order valence-corrected chi connectivity index (χ0v) is 7.90. The van der Waals surface area contributed by atoms with Gasteiger partial charge in [0.15, 0.2) is 0 Å². The first kappa shape index (κ1) is 11.6. The summed E-state index contributed by atoms with van der Waals surface area (Å²) >= 11 is 0. The van der Waals surface area contributed by atoms with E-state index in [0.717, 1.165) is 11.8 Å². The van der Waals surface area contributed by atoms with Crippen LogP contribution in [0.2, 0.25) is 0 Å². The number of hydrogen-bond acceptors (Lipinski definition) is 3. The summed E-state index contributed by atoms with van der Waals surface area (Å²) in [5, 5.41) is 8.61. The van der Waals surface area contributed by atoms with Crippen LogP contribution in [0.15, 0.2) is 0 Å². The Balaban J connectivity index is 4.60. The molecule has 1 N–H and O–H groups in total. The Kier molecular flexibility index (Phi) is 4.10. The Morgan fingerprint density at radius 1 is 1.38 bits per heavy atom. The zero-order chi connectivity index (χ0) is 10.6. The van der Waals surface area contributed by atoms with E-state index in [4.69, 9.17) is 5.11 Å². The topological polar surface area (TPSA) is 74.7 Å². The quantitative estimate of drug-likeness (QED) is 0.623. The number of hydrogen-bond donors (Lipinski definition) is 1. The summed E-state index contributed by atoms with van der Waals surface area (Å²) in [7, 11) is 0. The predicted octanol–water partition coefficient (Wildman–Crippen LogP) is -0.103. The molecule has 0 fully saturated rings. The first-order chi connectivity index (χ1) is 5.91. The summed E-state index contributed by atoms with van der Waals surface area (Å²) in [6.45, 7) is 4.33. The van der Waals surface area contributed by atoms with Gasteiger partial charge in [-0.25, -0.2) is 4.79 Å². The monoisotopic (exact) mass is 187 g/mol. The van der Waals surface area contributed by atoms with Crippen LogP contribution in [0.4, 0.5) is 0 Å². The summed E-state index contributed by atoms with van der Waals surface area (Å²) in [5.74, 6) is -2.51. The molecule has 0 aliphatic rings. The molecular weight excluding hydrogens is 174 g/mol. The number of Topliss-reactive ketones (excluding diaryl/α,β-unsaturated/α-hetero) is 1. The second-order valence-electron chi connectivity index (χ2n) is 2.66. The highest BCUT2D eigenvalue weighted by Gasteiger charge is 2.26. The average Bonchev–Trinajstić information content (AvgIpc) is 2.04. The van der Waals surface area contributed by atoms with Crippen molar-refractivity contribution in [2.45, 2.75) is 26.8 Å². The van der Waals surface area contributed by atoms with Crippen LogP contribution in [0.3, 0.4) is 0 Å². The van der Waals surface area contributed by atoms with E-state index in [0.29, 0.717) is 0 Å². The molecule has 74 valence electrons. The van der Waals surface area contributed by atoms with E-state index in [2.05, 4.69) is 0 Å². The number of carbonyl (C=O) groups excluding carboxylic acids is 2. The maximum atomic E-state index is 11.1. The summed E-state index contributed by atoms with van der Waals surface area (Å²) in [6.07, 6.45) is 0. The van der Waals surface area contributed by atoms with Gasteiger partial charge in [0.05, 0.1) is 0 Å². The van der Waals surface area contributed by atoms with Gasteiger partial charge in [0.25, 0.3) is 5.91 Å². The van der Waals surface area contributed by atoms with Crippen molar-refractivity contribution in [2.24, 2.45) is 0 Å². The molecule has 0 radical (unpaired) electrons. The largest absolute Gasteiger partial charge is 0.480 e. The number of amides is 1. The molecule has 5 heteroatoms. The predicted molar refractivity (Wildman–Crippen MR) is 45.2 cm³/mol. The van der Waals surface area contributed by atoms with Crippen molar-refractivity contribution in [3.63, 3.8) is 0 Å². The minimum Gasteiger partial charge on any atom is -0.480 e. The third-order valence-corrected chi connectivity index (χ3v) is 1.73. The van der Waals surface area contributed by atoms with E-state index in [1.165, 1.54) is 6.92 Å². The average molecular weight is 187 g/mol. The lowest BCUT2D eigenvalue weighted by Gasteiger charge is -2.23. The number of aliphatic carboxylic acids is 1. The Hall–Kier alpha value is -1.39. The smallest absolute Gasteiger partial charge is 0.326 e. The molecule has 0 saturated heterocycles. The molecule has 5 nitrogen and oxygen atoms in total. The van der Waals surface area contributed by atoms with E-state index in [-0.39, 0.29) is 6.54 Å². The molecule has 0 saturated carbocycles. The van der Waals surface area contributed by atoms with E-state index in [9.17, 15) is 14.4 Å². The van der Waals surface area contributed by atoms with Crippen LogP contribution in [0, 0.1) is 0 Å². The SMILES string of the molecule is CCN(C(=O)C(C)=O)[C@@H](C)C(=O)O. The number of likely N-dealkylation sites (N-methyl/N-ethyl adjacent to an activating group) is 1. The van der Waals surface area contributed by atoms with E-state index in [1.54, 1.807) is 6.92 Å². The summed E-state index contributed by atoms with van der Waals surface area (Å²) in [5.41, 5.74) is 0. The maximum Gasteiger partial charge on any atom is 0.326 e. The fraction of sp³-hybridized carbons (Fsp3) is 0.625. The fourth-order valence-corrected chi connectivity index (χ4v) is 0.929. The molecule has 0 aromatic carbocycles. The van der Waals surface area contributed by atoms with Gasteiger partial charge in [-0.05, 0) is 13.8 Å². The first-order valence-electron chi connectivity index (χ1n) is 3.96. The number of carbonyl (C=O) groups is 3. The van der Waals surface area contributed by atoms with Gasteiger partial charge >= 0.3 is 5.97 Å². The molecular formula is C8H13NO4. The molecule has 0 bridgehead atoms. The van der Waals surface area contributed by atoms with Crippen LogP contribution in [0.25, 0.3) is 0 Å². The van der Waals surface area contributed by atoms with Crippen LogP contribution < -0.4 is 0 Å². The van der Waals surface area contributed by atoms with Crippen molar-refractivity contribution >= 4 is 17.7 Å². The van der Waals surface area contributed by atoms with E-state index >= 15 is 0 Å². The maximum absolute atomic E-state index is 11.1. The van der Waals surface area contributed by atoms with Crippen molar-refractivity contribution in [1.82, 2.24) is 4.90 Å². The van der Waals surface area contributed by atoms with Crippen molar-refractivity contribution in [1.29, 1.82) is 0 Å². The standard InChI is InChI=1S/C8H13NO4/c1-4-9(5(2)8(12)13)7(11)6(3)10/h5H,4H2,1-3H3,(H,12,13)/t5-/m0/s1. The van der Waals surface area contributed by atoms with Crippen LogP contribution in [-0.2, 0) is 14.4 Å². The number of carboxylic acids is 1. The van der Waals surface area contributed by atoms with Crippen LogP contribution in [0.1, 0.15) is 20.8 Å². The summed E-state index contributed by atoms with van der Waals surface area (Å²) in [4.78, 5) is 33.4. The highest BCUT2D eigenvalue weighted by molar-refractivity contribution is 6.35. The lowest BCUT2D eigenvalue weighted by atomic mass is 10.2. The lowest BCUT2D eigenvalue weighted by molar-refractivity contribution is -0.152. The minimum absolute atomic E-state index is 0.214. The number of nitrogens with zero attached hydrogens (tertiary/aromatic N) is 1. The van der Waals surface area contributed by atoms with Crippen molar-refractivity contribution < 1.29 is 19.5 Å². The Labute approximate surface area is 76.3 Å². The minimum atomic E-state index is -1.11. The molecule has 1 atom stereocenters. The van der Waals surface area contributed by atoms with Gasteiger partial charge < -0.3 is 10.0 Å². The third kappa shape index (κ3) is 2.85. The molecule has 0 heterocycles. The molecule has 0 aliphatic heterocycles. The van der Waals surface area contributed by atoms with Gasteiger partial charge in [-0.2, -0.15) is 0 Å². The molecule has 0 spiro atoms. The van der Waals surface area contributed by atoms with Gasteiger partial charge in [-0.15, -0.1) is 0 Å². The second kappa shape index (κ2) is 4.59. The van der Waals surface area contributed by atoms with Crippen molar-refractivity contribution in [2.75, 3.05) is 6.54 Å². The van der Waals surface area contributed by atoms with Gasteiger partial charge in [0, 0.05) is 13.5 Å². The van der Waals surface area contributed by atoms with Gasteiger partial charge in [0.1, 0.15) is 6.04 Å². The third-order valence-electron chi connectivity index (χ3n) is 1.73. The summed E-state index contributed by atoms with van der Waals surface area (Å²) < 4.78 is 0. The molecule has 0 aromatic rings. The van der Waals surface area contributed by atoms with Gasteiger partial charge in [-0.3, -0.25) is 9.59 Å². The molecule has 0 aliphatic carbocycles. The number of rotatable bonds is 4. The highest BCUT2D eigenvalue weighted by atomic mass is 16.4. The molecule has 1 amide bonds. The Morgan fingerprint density at radius 3 is 2.08 bits per heavy atom. The highest BCUT2D eigenvalue weighted by Crippen LogP contribution is 2.00. The fourth-order valence-electron chi connectivity index (χ4n) is 0.929. The molecule has 13 heavy (non-hydrogen) atoms.